The molecule has 1 amide bonds. The van der Waals surface area contributed by atoms with E-state index in [0.717, 1.165) is 0 Å². The zero-order chi connectivity index (χ0) is 13.8. The van der Waals surface area contributed by atoms with Crippen molar-refractivity contribution < 1.29 is 19.4 Å². The Morgan fingerprint density at radius 2 is 2.37 bits per heavy atom. The summed E-state index contributed by atoms with van der Waals surface area (Å²) in [5.74, 6) is -1.11. The minimum absolute atomic E-state index is 0.0487. The summed E-state index contributed by atoms with van der Waals surface area (Å²) in [7, 11) is 0. The third kappa shape index (κ3) is 2.93. The van der Waals surface area contributed by atoms with Gasteiger partial charge in [0.15, 0.2) is 0 Å². The van der Waals surface area contributed by atoms with Gasteiger partial charge < -0.3 is 14.7 Å². The Kier molecular flexibility index (Phi) is 3.85. The third-order valence-corrected chi connectivity index (χ3v) is 2.97. The van der Waals surface area contributed by atoms with E-state index in [1.54, 1.807) is 30.3 Å². The van der Waals surface area contributed by atoms with Gasteiger partial charge in [0.25, 0.3) is 0 Å². The number of carboxylic acid groups (broad SMARTS) is 1. The van der Waals surface area contributed by atoms with Crippen molar-refractivity contribution in [2.45, 2.75) is 6.42 Å². The molecule has 0 radical (unpaired) electrons. The van der Waals surface area contributed by atoms with Gasteiger partial charge in [0, 0.05) is 24.7 Å². The molecule has 5 heteroatoms. The van der Waals surface area contributed by atoms with Crippen LogP contribution in [-0.2, 0) is 9.59 Å². The van der Waals surface area contributed by atoms with Crippen molar-refractivity contribution >= 4 is 17.6 Å². The topological polar surface area (TPSA) is 66.8 Å². The van der Waals surface area contributed by atoms with Crippen LogP contribution in [0.2, 0.25) is 0 Å². The van der Waals surface area contributed by atoms with Crippen LogP contribution in [0.1, 0.15) is 6.42 Å². The molecule has 100 valence electrons. The average molecular weight is 261 g/mol. The van der Waals surface area contributed by atoms with Crippen LogP contribution in [0.4, 0.5) is 5.69 Å². The van der Waals surface area contributed by atoms with Crippen molar-refractivity contribution in [2.24, 2.45) is 5.92 Å². The largest absolute Gasteiger partial charge is 0.489 e. The van der Waals surface area contributed by atoms with E-state index in [4.69, 9.17) is 9.84 Å². The molecule has 1 saturated heterocycles. The first-order chi connectivity index (χ1) is 9.11. The number of hydrogen-bond acceptors (Lipinski definition) is 3. The SMILES string of the molecule is C=CCOc1cccc(N2CC(C(=O)O)CC2=O)c1. The minimum Gasteiger partial charge on any atom is -0.489 e. The minimum atomic E-state index is -0.935. The highest BCUT2D eigenvalue weighted by molar-refractivity contribution is 5.99. The Balaban J connectivity index is 2.15. The molecule has 1 unspecified atom stereocenters. The number of aliphatic carboxylic acids is 1. The predicted octanol–water partition coefficient (Wildman–Crippen LogP) is 1.69. The van der Waals surface area contributed by atoms with Crippen LogP contribution in [0.15, 0.2) is 36.9 Å². The van der Waals surface area contributed by atoms with Crippen molar-refractivity contribution in [1.82, 2.24) is 0 Å². The summed E-state index contributed by atoms with van der Waals surface area (Å²) in [6.07, 6.45) is 1.68. The fourth-order valence-corrected chi connectivity index (χ4v) is 2.02. The monoisotopic (exact) mass is 261 g/mol. The second-order valence-corrected chi connectivity index (χ2v) is 4.34. The summed E-state index contributed by atoms with van der Waals surface area (Å²) in [4.78, 5) is 24.2. The number of ether oxygens (including phenoxy) is 1. The van der Waals surface area contributed by atoms with Crippen LogP contribution in [-0.4, -0.2) is 30.1 Å². The fraction of sp³-hybridized carbons (Fsp3) is 0.286. The maximum absolute atomic E-state index is 11.8. The molecule has 0 spiro atoms. The first kappa shape index (κ1) is 13.1. The van der Waals surface area contributed by atoms with Gasteiger partial charge in [0.05, 0.1) is 5.92 Å². The van der Waals surface area contributed by atoms with Crippen LogP contribution in [0.3, 0.4) is 0 Å². The lowest BCUT2D eigenvalue weighted by Gasteiger charge is -2.17. The summed E-state index contributed by atoms with van der Waals surface area (Å²) in [6.45, 7) is 4.15. The number of carboxylic acids is 1. The van der Waals surface area contributed by atoms with E-state index < -0.39 is 11.9 Å². The molecule has 0 saturated carbocycles. The number of carbonyl (C=O) groups excluding carboxylic acids is 1. The molecule has 1 aromatic carbocycles. The summed E-state index contributed by atoms with van der Waals surface area (Å²) in [5.41, 5.74) is 0.662. The van der Waals surface area contributed by atoms with Crippen molar-refractivity contribution in [3.8, 4) is 5.75 Å². The number of anilines is 1. The molecule has 19 heavy (non-hydrogen) atoms. The summed E-state index contributed by atoms with van der Waals surface area (Å²) in [6, 6.07) is 7.05. The van der Waals surface area contributed by atoms with Crippen LogP contribution < -0.4 is 9.64 Å². The van der Waals surface area contributed by atoms with Gasteiger partial charge in [0.1, 0.15) is 12.4 Å². The number of benzene rings is 1. The van der Waals surface area contributed by atoms with E-state index in [-0.39, 0.29) is 18.9 Å². The quantitative estimate of drug-likeness (QED) is 0.819. The molecule has 1 aliphatic rings. The van der Waals surface area contributed by atoms with E-state index in [2.05, 4.69) is 6.58 Å². The normalized spacial score (nSPS) is 18.4. The molecule has 2 rings (SSSR count). The second kappa shape index (κ2) is 5.56. The van der Waals surface area contributed by atoms with E-state index in [1.165, 1.54) is 4.90 Å². The maximum Gasteiger partial charge on any atom is 0.308 e. The Morgan fingerprint density at radius 1 is 1.58 bits per heavy atom. The van der Waals surface area contributed by atoms with Crippen molar-refractivity contribution in [3.63, 3.8) is 0 Å². The van der Waals surface area contributed by atoms with Crippen LogP contribution in [0.5, 0.6) is 5.75 Å². The summed E-state index contributed by atoms with van der Waals surface area (Å²) >= 11 is 0. The Labute approximate surface area is 111 Å². The molecule has 1 fully saturated rings. The highest BCUT2D eigenvalue weighted by Gasteiger charge is 2.35. The van der Waals surface area contributed by atoms with Crippen molar-refractivity contribution in [3.05, 3.63) is 36.9 Å². The van der Waals surface area contributed by atoms with Crippen molar-refractivity contribution in [2.75, 3.05) is 18.1 Å². The van der Waals surface area contributed by atoms with Gasteiger partial charge in [-0.15, -0.1) is 0 Å². The van der Waals surface area contributed by atoms with Crippen molar-refractivity contribution in [1.29, 1.82) is 0 Å². The van der Waals surface area contributed by atoms with Crippen LogP contribution >= 0.6 is 0 Å². The number of amides is 1. The van der Waals surface area contributed by atoms with Crippen LogP contribution in [0, 0.1) is 5.92 Å². The summed E-state index contributed by atoms with van der Waals surface area (Å²) < 4.78 is 5.39. The molecule has 1 aromatic rings. The number of nitrogens with zero attached hydrogens (tertiary/aromatic N) is 1. The molecule has 1 atom stereocenters. The molecular formula is C14H15NO4. The number of rotatable bonds is 5. The lowest BCUT2D eigenvalue weighted by molar-refractivity contribution is -0.141. The summed E-state index contributed by atoms with van der Waals surface area (Å²) in [5, 5.41) is 8.95. The fourth-order valence-electron chi connectivity index (χ4n) is 2.02. The third-order valence-electron chi connectivity index (χ3n) is 2.97. The zero-order valence-corrected chi connectivity index (χ0v) is 10.4. The Hall–Kier alpha value is -2.30. The molecular weight excluding hydrogens is 246 g/mol. The molecule has 0 bridgehead atoms. The highest BCUT2D eigenvalue weighted by atomic mass is 16.5. The highest BCUT2D eigenvalue weighted by Crippen LogP contribution is 2.28. The Bertz CT molecular complexity index is 512. The average Bonchev–Trinajstić information content (AvgIpc) is 2.79. The van der Waals surface area contributed by atoms with Gasteiger partial charge in [-0.05, 0) is 12.1 Å². The lowest BCUT2D eigenvalue weighted by Crippen LogP contribution is -2.25. The van der Waals surface area contributed by atoms with Gasteiger partial charge >= 0.3 is 5.97 Å². The molecule has 1 heterocycles. The van der Waals surface area contributed by atoms with Gasteiger partial charge in [-0.25, -0.2) is 0 Å². The predicted molar refractivity (Wildman–Crippen MR) is 70.2 cm³/mol. The molecule has 0 aromatic heterocycles. The smallest absolute Gasteiger partial charge is 0.308 e. The van der Waals surface area contributed by atoms with Gasteiger partial charge in [0.2, 0.25) is 5.91 Å². The van der Waals surface area contributed by atoms with Gasteiger partial charge in [-0.2, -0.15) is 0 Å². The van der Waals surface area contributed by atoms with E-state index in [9.17, 15) is 9.59 Å². The molecule has 0 aliphatic carbocycles. The van der Waals surface area contributed by atoms with Gasteiger partial charge in [-0.1, -0.05) is 18.7 Å². The number of hydrogen-bond donors (Lipinski definition) is 1. The van der Waals surface area contributed by atoms with E-state index in [0.29, 0.717) is 18.0 Å². The second-order valence-electron chi connectivity index (χ2n) is 4.34. The molecule has 1 aliphatic heterocycles. The maximum atomic E-state index is 11.8. The standard InChI is InChI=1S/C14H15NO4/c1-2-6-19-12-5-3-4-11(8-12)15-9-10(14(17)18)7-13(15)16/h2-5,8,10H,1,6-7,9H2,(H,17,18). The number of carbonyl (C=O) groups is 2. The van der Waals surface area contributed by atoms with Crippen LogP contribution in [0.25, 0.3) is 0 Å². The first-order valence-electron chi connectivity index (χ1n) is 5.98. The van der Waals surface area contributed by atoms with Gasteiger partial charge in [-0.3, -0.25) is 9.59 Å². The van der Waals surface area contributed by atoms with E-state index >= 15 is 0 Å². The first-order valence-corrected chi connectivity index (χ1v) is 5.98. The molecule has 1 N–H and O–H groups in total. The Morgan fingerprint density at radius 3 is 3.00 bits per heavy atom. The van der Waals surface area contributed by atoms with E-state index in [1.807, 2.05) is 0 Å². The lowest BCUT2D eigenvalue weighted by atomic mass is 10.1. The molecule has 5 nitrogen and oxygen atoms in total. The zero-order valence-electron chi connectivity index (χ0n) is 10.4.